The van der Waals surface area contributed by atoms with Gasteiger partial charge in [0.2, 0.25) is 0 Å². The molecule has 0 saturated heterocycles. The maximum absolute atomic E-state index is 13.8. The van der Waals surface area contributed by atoms with E-state index in [0.717, 1.165) is 29.5 Å². The number of unbranched alkanes of at least 4 members (excludes halogenated alkanes) is 1. The summed E-state index contributed by atoms with van der Waals surface area (Å²) in [5, 5.41) is 10.2. The highest BCUT2D eigenvalue weighted by atomic mass is 16.5. The minimum Gasteiger partial charge on any atom is -0.493 e. The Morgan fingerprint density at radius 2 is 1.73 bits per heavy atom. The third kappa shape index (κ3) is 6.12. The van der Waals surface area contributed by atoms with Crippen molar-refractivity contribution in [2.45, 2.75) is 51.5 Å². The van der Waals surface area contributed by atoms with E-state index >= 15 is 0 Å². The van der Waals surface area contributed by atoms with Crippen molar-refractivity contribution in [1.29, 1.82) is 0 Å². The molecule has 0 radical (unpaired) electrons. The lowest BCUT2D eigenvalue weighted by atomic mass is 9.91. The Balaban J connectivity index is 1.65. The quantitative estimate of drug-likeness (QED) is 0.364. The number of rotatable bonds is 11. The summed E-state index contributed by atoms with van der Waals surface area (Å²) in [6, 6.07) is 21.6. The Bertz CT molecular complexity index is 1200. The number of fused-ring (bicyclic) bond motifs is 1. The Morgan fingerprint density at radius 3 is 2.38 bits per heavy atom. The molecule has 1 aliphatic rings. The van der Waals surface area contributed by atoms with E-state index in [1.807, 2.05) is 66.7 Å². The Hall–Kier alpha value is -3.84. The van der Waals surface area contributed by atoms with Gasteiger partial charge in [-0.05, 0) is 29.2 Å². The Kier molecular flexibility index (Phi) is 8.80. The van der Waals surface area contributed by atoms with E-state index in [1.165, 1.54) is 4.90 Å². The van der Waals surface area contributed by atoms with Crippen molar-refractivity contribution in [1.82, 2.24) is 4.90 Å². The van der Waals surface area contributed by atoms with E-state index in [2.05, 4.69) is 6.92 Å². The number of aliphatic carboxylic acids is 1. The number of carbonyl (C=O) groups excluding carboxylic acids is 1. The molecular formula is C30H33NO6. The minimum atomic E-state index is -1.07. The van der Waals surface area contributed by atoms with Gasteiger partial charge in [-0.15, -0.1) is 0 Å². The van der Waals surface area contributed by atoms with Crippen LogP contribution < -0.4 is 9.47 Å². The molecule has 0 saturated carbocycles. The van der Waals surface area contributed by atoms with Crippen LogP contribution in [0, 0.1) is 0 Å². The highest BCUT2D eigenvalue weighted by Crippen LogP contribution is 2.39. The van der Waals surface area contributed by atoms with Crippen molar-refractivity contribution in [3.05, 3.63) is 95.1 Å². The molecule has 1 heterocycles. The minimum absolute atomic E-state index is 0.105. The van der Waals surface area contributed by atoms with E-state index in [-0.39, 0.29) is 18.9 Å². The summed E-state index contributed by atoms with van der Waals surface area (Å²) in [6.45, 7) is 2.92. The van der Waals surface area contributed by atoms with E-state index in [0.29, 0.717) is 30.3 Å². The topological polar surface area (TPSA) is 85.3 Å². The van der Waals surface area contributed by atoms with Gasteiger partial charge in [0.05, 0.1) is 7.11 Å². The average molecular weight is 504 g/mol. The Morgan fingerprint density at radius 1 is 1.03 bits per heavy atom. The molecule has 2 atom stereocenters. The first-order chi connectivity index (χ1) is 18.0. The molecule has 7 nitrogen and oxygen atoms in total. The van der Waals surface area contributed by atoms with Gasteiger partial charge in [0.25, 0.3) is 5.91 Å². The van der Waals surface area contributed by atoms with E-state index in [4.69, 9.17) is 14.2 Å². The number of ether oxygens (including phenoxy) is 3. The first-order valence-electron chi connectivity index (χ1n) is 12.6. The van der Waals surface area contributed by atoms with Crippen LogP contribution in [0.1, 0.15) is 48.1 Å². The molecule has 1 N–H and O–H groups in total. The molecule has 194 valence electrons. The van der Waals surface area contributed by atoms with Gasteiger partial charge in [-0.1, -0.05) is 80.1 Å². The summed E-state index contributed by atoms with van der Waals surface area (Å²) in [5.41, 5.74) is 3.27. The molecule has 0 unspecified atom stereocenters. The zero-order valence-corrected chi connectivity index (χ0v) is 21.3. The zero-order chi connectivity index (χ0) is 26.2. The van der Waals surface area contributed by atoms with Crippen LogP contribution in [0.4, 0.5) is 0 Å². The van der Waals surface area contributed by atoms with Crippen LogP contribution in [-0.2, 0) is 33.9 Å². The number of nitrogens with zero attached hydrogens (tertiary/aromatic N) is 1. The van der Waals surface area contributed by atoms with Crippen molar-refractivity contribution in [2.24, 2.45) is 0 Å². The van der Waals surface area contributed by atoms with Crippen molar-refractivity contribution < 1.29 is 28.9 Å². The van der Waals surface area contributed by atoms with Crippen LogP contribution in [0.25, 0.3) is 0 Å². The number of carboxylic acid groups (broad SMARTS) is 1. The smallest absolute Gasteiger partial charge is 0.326 e. The zero-order valence-electron chi connectivity index (χ0n) is 21.3. The van der Waals surface area contributed by atoms with Gasteiger partial charge < -0.3 is 24.2 Å². The predicted molar refractivity (Wildman–Crippen MR) is 139 cm³/mol. The lowest BCUT2D eigenvalue weighted by Gasteiger charge is -2.37. The number of carboxylic acids is 1. The molecule has 3 aromatic carbocycles. The second-order valence-electron chi connectivity index (χ2n) is 9.05. The highest BCUT2D eigenvalue weighted by Gasteiger charge is 2.40. The summed E-state index contributed by atoms with van der Waals surface area (Å²) in [5.74, 6) is -0.385. The summed E-state index contributed by atoms with van der Waals surface area (Å²) < 4.78 is 17.7. The second-order valence-corrected chi connectivity index (χ2v) is 9.05. The third-order valence-electron chi connectivity index (χ3n) is 6.56. The molecule has 1 aliphatic heterocycles. The molecule has 0 aromatic heterocycles. The normalized spacial score (nSPS) is 15.5. The Labute approximate surface area is 217 Å². The lowest BCUT2D eigenvalue weighted by Crippen LogP contribution is -2.50. The highest BCUT2D eigenvalue weighted by molar-refractivity contribution is 5.88. The number of hydrogen-bond donors (Lipinski definition) is 1. The molecule has 4 rings (SSSR count). The van der Waals surface area contributed by atoms with E-state index in [1.54, 1.807) is 13.2 Å². The van der Waals surface area contributed by atoms with Crippen LogP contribution >= 0.6 is 0 Å². The first-order valence-corrected chi connectivity index (χ1v) is 12.6. The second kappa shape index (κ2) is 12.4. The lowest BCUT2D eigenvalue weighted by molar-refractivity contribution is -0.158. The van der Waals surface area contributed by atoms with Crippen LogP contribution in [0.2, 0.25) is 0 Å². The average Bonchev–Trinajstić information content (AvgIpc) is 2.94. The van der Waals surface area contributed by atoms with Gasteiger partial charge in [0.15, 0.2) is 17.6 Å². The van der Waals surface area contributed by atoms with Gasteiger partial charge in [0.1, 0.15) is 12.6 Å². The van der Waals surface area contributed by atoms with Crippen molar-refractivity contribution in [3.8, 4) is 11.5 Å². The largest absolute Gasteiger partial charge is 0.493 e. The number of amides is 1. The van der Waals surface area contributed by atoms with Crippen LogP contribution in [0.5, 0.6) is 11.5 Å². The number of methoxy groups -OCH3 is 1. The van der Waals surface area contributed by atoms with E-state index in [9.17, 15) is 14.7 Å². The summed E-state index contributed by atoms with van der Waals surface area (Å²) in [4.78, 5) is 27.7. The molecule has 3 aromatic rings. The van der Waals surface area contributed by atoms with E-state index < -0.39 is 18.1 Å². The molecule has 7 heteroatoms. The fourth-order valence-electron chi connectivity index (χ4n) is 4.55. The third-order valence-corrected chi connectivity index (χ3v) is 6.56. The predicted octanol–water partition coefficient (Wildman–Crippen LogP) is 5.17. The molecule has 0 aliphatic carbocycles. The fraction of sp³-hybridized carbons (Fsp3) is 0.333. The fourth-order valence-corrected chi connectivity index (χ4v) is 4.55. The van der Waals surface area contributed by atoms with Gasteiger partial charge in [-0.25, -0.2) is 4.79 Å². The van der Waals surface area contributed by atoms with Crippen molar-refractivity contribution in [2.75, 3.05) is 13.7 Å². The first kappa shape index (κ1) is 26.2. The van der Waals surface area contributed by atoms with Gasteiger partial charge in [-0.3, -0.25) is 4.79 Å². The summed E-state index contributed by atoms with van der Waals surface area (Å²) >= 11 is 0. The van der Waals surface area contributed by atoms with Crippen molar-refractivity contribution in [3.63, 3.8) is 0 Å². The van der Waals surface area contributed by atoms with Gasteiger partial charge >= 0.3 is 5.97 Å². The number of hydrogen-bond acceptors (Lipinski definition) is 5. The SMILES string of the molecule is CCCCO[C@H](C(=O)N1Cc2ccc(OC)c(OCc3ccccc3)c2C[C@H]1C(=O)O)c1ccccc1. The number of carbonyl (C=O) groups is 2. The maximum Gasteiger partial charge on any atom is 0.326 e. The standard InChI is InChI=1S/C30H33NO6/c1-3-4-17-36-27(22-13-9-6-10-14-22)29(32)31-19-23-15-16-26(35-2)28(24(23)18-25(31)30(33)34)37-20-21-11-7-5-8-12-21/h5-16,25,27H,3-4,17-20H2,1-2H3,(H,33,34)/t25-,27-/m0/s1. The molecule has 0 spiro atoms. The van der Waals surface area contributed by atoms with Crippen LogP contribution in [-0.4, -0.2) is 41.6 Å². The van der Waals surface area contributed by atoms with Crippen LogP contribution in [0.3, 0.4) is 0 Å². The molecule has 1 amide bonds. The van der Waals surface area contributed by atoms with Crippen LogP contribution in [0.15, 0.2) is 72.8 Å². The number of benzene rings is 3. The van der Waals surface area contributed by atoms with Gasteiger partial charge in [-0.2, -0.15) is 0 Å². The summed E-state index contributed by atoms with van der Waals surface area (Å²) in [6.07, 6.45) is 0.971. The molecule has 0 bridgehead atoms. The monoisotopic (exact) mass is 503 g/mol. The maximum atomic E-state index is 13.8. The summed E-state index contributed by atoms with van der Waals surface area (Å²) in [7, 11) is 1.56. The molecule has 0 fully saturated rings. The van der Waals surface area contributed by atoms with Crippen molar-refractivity contribution >= 4 is 11.9 Å². The molecule has 37 heavy (non-hydrogen) atoms. The van der Waals surface area contributed by atoms with Gasteiger partial charge in [0, 0.05) is 25.1 Å². The molecular weight excluding hydrogens is 470 g/mol.